The van der Waals surface area contributed by atoms with Crippen molar-refractivity contribution in [2.24, 2.45) is 0 Å². The minimum Gasteiger partial charge on any atom is -0.103 e. The average Bonchev–Trinajstić information content (AvgIpc) is 1.98. The molecular weight excluding hydrogens is 156 g/mol. The molecule has 0 aromatic heterocycles. The van der Waals surface area contributed by atoms with Crippen molar-refractivity contribution in [2.45, 2.75) is 13.3 Å². The van der Waals surface area contributed by atoms with E-state index in [1.54, 1.807) is 0 Å². The Kier molecular flexibility index (Phi) is 2.72. The van der Waals surface area contributed by atoms with Crippen molar-refractivity contribution >= 4 is 11.6 Å². The normalized spacial score (nSPS) is 9.64. The van der Waals surface area contributed by atoms with Gasteiger partial charge < -0.3 is 0 Å². The quantitative estimate of drug-likeness (QED) is 0.591. The van der Waals surface area contributed by atoms with Crippen molar-refractivity contribution in [2.75, 3.05) is 0 Å². The molecule has 1 aromatic carbocycles. The van der Waals surface area contributed by atoms with E-state index in [1.807, 2.05) is 25.1 Å². The minimum atomic E-state index is 0.837. The van der Waals surface area contributed by atoms with Crippen LogP contribution in [0.4, 0.5) is 0 Å². The Bertz CT molecular complexity index is 264. The Balaban J connectivity index is 2.95. The summed E-state index contributed by atoms with van der Waals surface area (Å²) in [7, 11) is 0. The van der Waals surface area contributed by atoms with Gasteiger partial charge in [-0.15, -0.1) is 6.58 Å². The number of rotatable bonds is 2. The molecule has 0 nitrogen and oxygen atoms in total. The Morgan fingerprint density at radius 1 is 1.55 bits per heavy atom. The van der Waals surface area contributed by atoms with Gasteiger partial charge in [0.25, 0.3) is 0 Å². The van der Waals surface area contributed by atoms with Gasteiger partial charge in [-0.05, 0) is 30.5 Å². The molecule has 0 aliphatic carbocycles. The second-order valence-electron chi connectivity index (χ2n) is 2.58. The highest BCUT2D eigenvalue weighted by Gasteiger charge is 1.94. The van der Waals surface area contributed by atoms with Gasteiger partial charge in [0.05, 0.1) is 0 Å². The van der Waals surface area contributed by atoms with Gasteiger partial charge in [0.2, 0.25) is 0 Å². The van der Waals surface area contributed by atoms with Crippen molar-refractivity contribution in [3.05, 3.63) is 47.0 Å². The van der Waals surface area contributed by atoms with E-state index in [0.717, 1.165) is 17.0 Å². The van der Waals surface area contributed by atoms with Gasteiger partial charge in [-0.1, -0.05) is 29.8 Å². The third kappa shape index (κ3) is 2.09. The van der Waals surface area contributed by atoms with Crippen molar-refractivity contribution < 1.29 is 0 Å². The maximum atomic E-state index is 5.92. The first-order chi connectivity index (χ1) is 5.24. The van der Waals surface area contributed by atoms with E-state index in [9.17, 15) is 0 Å². The summed E-state index contributed by atoms with van der Waals surface area (Å²) < 4.78 is 0. The zero-order valence-electron chi connectivity index (χ0n) is 6.60. The summed E-state index contributed by atoms with van der Waals surface area (Å²) >= 11 is 5.92. The lowest BCUT2D eigenvalue weighted by Gasteiger charge is -1.99. The van der Waals surface area contributed by atoms with Gasteiger partial charge in [-0.25, -0.2) is 0 Å². The van der Waals surface area contributed by atoms with Crippen LogP contribution in [-0.4, -0.2) is 0 Å². The molecule has 1 aromatic rings. The molecule has 11 heavy (non-hydrogen) atoms. The maximum Gasteiger partial charge on any atom is 0.0438 e. The van der Waals surface area contributed by atoms with Gasteiger partial charge in [-0.3, -0.25) is 0 Å². The van der Waals surface area contributed by atoms with Gasteiger partial charge in [0.15, 0.2) is 0 Å². The van der Waals surface area contributed by atoms with E-state index >= 15 is 0 Å². The summed E-state index contributed by atoms with van der Waals surface area (Å²) in [5.74, 6) is 0. The molecule has 0 aliphatic rings. The lowest BCUT2D eigenvalue weighted by Crippen LogP contribution is -1.81. The second-order valence-corrected chi connectivity index (χ2v) is 2.98. The van der Waals surface area contributed by atoms with E-state index in [0.29, 0.717) is 0 Å². The summed E-state index contributed by atoms with van der Waals surface area (Å²) in [4.78, 5) is 0. The Morgan fingerprint density at radius 3 is 2.82 bits per heavy atom. The maximum absolute atomic E-state index is 5.92. The number of hydrogen-bond donors (Lipinski definition) is 0. The predicted molar refractivity (Wildman–Crippen MR) is 50.1 cm³/mol. The van der Waals surface area contributed by atoms with Crippen molar-refractivity contribution in [3.8, 4) is 0 Å². The molecule has 0 atom stereocenters. The van der Waals surface area contributed by atoms with Crippen molar-refractivity contribution in [1.29, 1.82) is 0 Å². The fourth-order valence-electron chi connectivity index (χ4n) is 0.930. The van der Waals surface area contributed by atoms with E-state index in [4.69, 9.17) is 11.6 Å². The molecule has 0 unspecified atom stereocenters. The van der Waals surface area contributed by atoms with Gasteiger partial charge in [0.1, 0.15) is 0 Å². The summed E-state index contributed by atoms with van der Waals surface area (Å²) in [6.07, 6.45) is 2.76. The third-order valence-electron chi connectivity index (χ3n) is 1.62. The van der Waals surface area contributed by atoms with E-state index in [2.05, 4.69) is 12.6 Å². The highest BCUT2D eigenvalue weighted by Crippen LogP contribution is 2.16. The molecule has 0 amide bonds. The highest BCUT2D eigenvalue weighted by molar-refractivity contribution is 6.31. The van der Waals surface area contributed by atoms with Crippen LogP contribution in [0.1, 0.15) is 11.1 Å². The minimum absolute atomic E-state index is 0.837. The molecule has 0 aliphatic heterocycles. The van der Waals surface area contributed by atoms with Crippen LogP contribution in [0, 0.1) is 6.92 Å². The van der Waals surface area contributed by atoms with Crippen LogP contribution >= 0.6 is 11.6 Å². The average molecular weight is 167 g/mol. The summed E-state index contributed by atoms with van der Waals surface area (Å²) in [5, 5.41) is 0.837. The monoisotopic (exact) mass is 166 g/mol. The summed E-state index contributed by atoms with van der Waals surface area (Å²) in [6.45, 7) is 5.66. The van der Waals surface area contributed by atoms with Gasteiger partial charge in [-0.2, -0.15) is 0 Å². The van der Waals surface area contributed by atoms with Crippen molar-refractivity contribution in [3.63, 3.8) is 0 Å². The van der Waals surface area contributed by atoms with Crippen molar-refractivity contribution in [1.82, 2.24) is 0 Å². The first-order valence-corrected chi connectivity index (χ1v) is 3.98. The molecule has 0 heterocycles. The molecule has 0 fully saturated rings. The number of allylic oxidation sites excluding steroid dienone is 1. The van der Waals surface area contributed by atoms with Crippen LogP contribution in [0.2, 0.25) is 5.02 Å². The molecule has 0 N–H and O–H groups in total. The van der Waals surface area contributed by atoms with E-state index in [-0.39, 0.29) is 0 Å². The zero-order valence-corrected chi connectivity index (χ0v) is 7.36. The van der Waals surface area contributed by atoms with Gasteiger partial charge >= 0.3 is 0 Å². The Hall–Kier alpha value is -0.750. The van der Waals surface area contributed by atoms with Crippen LogP contribution in [-0.2, 0) is 6.42 Å². The Morgan fingerprint density at radius 2 is 2.27 bits per heavy atom. The molecule has 0 saturated carbocycles. The van der Waals surface area contributed by atoms with Crippen LogP contribution in [0.5, 0.6) is 0 Å². The second kappa shape index (κ2) is 3.59. The molecule has 0 bridgehead atoms. The molecule has 58 valence electrons. The number of hydrogen-bond acceptors (Lipinski definition) is 0. The number of aryl methyl sites for hydroxylation is 1. The van der Waals surface area contributed by atoms with Crippen LogP contribution < -0.4 is 0 Å². The molecular formula is C10H11Cl. The SMILES string of the molecule is C=CCc1ccc(C)c(Cl)c1. The van der Waals surface area contributed by atoms with Crippen LogP contribution in [0.15, 0.2) is 30.9 Å². The molecule has 1 rings (SSSR count). The fraction of sp³-hybridized carbons (Fsp3) is 0.200. The lowest BCUT2D eigenvalue weighted by atomic mass is 10.1. The first kappa shape index (κ1) is 8.35. The smallest absolute Gasteiger partial charge is 0.0438 e. The van der Waals surface area contributed by atoms with Crippen LogP contribution in [0.25, 0.3) is 0 Å². The standard InChI is InChI=1S/C10H11Cl/c1-3-4-9-6-5-8(2)10(11)7-9/h3,5-7H,1,4H2,2H3. The number of halogens is 1. The predicted octanol–water partition coefficient (Wildman–Crippen LogP) is 3.38. The van der Waals surface area contributed by atoms with E-state index < -0.39 is 0 Å². The third-order valence-corrected chi connectivity index (χ3v) is 2.02. The molecule has 0 saturated heterocycles. The topological polar surface area (TPSA) is 0 Å². The molecule has 0 radical (unpaired) electrons. The first-order valence-electron chi connectivity index (χ1n) is 3.60. The molecule has 1 heteroatoms. The van der Waals surface area contributed by atoms with E-state index in [1.165, 1.54) is 5.56 Å². The summed E-state index contributed by atoms with van der Waals surface area (Å²) in [5.41, 5.74) is 2.34. The molecule has 0 spiro atoms. The fourth-order valence-corrected chi connectivity index (χ4v) is 1.13. The highest BCUT2D eigenvalue weighted by atomic mass is 35.5. The zero-order chi connectivity index (χ0) is 8.27. The number of benzene rings is 1. The largest absolute Gasteiger partial charge is 0.103 e. The summed E-state index contributed by atoms with van der Waals surface area (Å²) in [6, 6.07) is 6.09. The lowest BCUT2D eigenvalue weighted by molar-refractivity contribution is 1.26. The van der Waals surface area contributed by atoms with Gasteiger partial charge in [0, 0.05) is 5.02 Å². The Labute approximate surface area is 72.5 Å². The van der Waals surface area contributed by atoms with Crippen LogP contribution in [0.3, 0.4) is 0 Å².